The number of rotatable bonds is 3. The van der Waals surface area contributed by atoms with Gasteiger partial charge in [0, 0.05) is 19.3 Å². The van der Waals surface area contributed by atoms with Crippen molar-refractivity contribution >= 4 is 5.91 Å². The summed E-state index contributed by atoms with van der Waals surface area (Å²) in [6.07, 6.45) is 1.75. The van der Waals surface area contributed by atoms with E-state index in [1.54, 1.807) is 19.2 Å². The van der Waals surface area contributed by atoms with Gasteiger partial charge in [-0.15, -0.1) is 0 Å². The molecule has 0 saturated carbocycles. The van der Waals surface area contributed by atoms with Crippen LogP contribution in [0.25, 0.3) is 0 Å². The van der Waals surface area contributed by atoms with Gasteiger partial charge in [-0.05, 0) is 25.0 Å². The highest BCUT2D eigenvalue weighted by molar-refractivity contribution is 5.97. The number of nitrogens with one attached hydrogen (secondary N) is 1. The highest BCUT2D eigenvalue weighted by Gasteiger charge is 2.18. The molecule has 0 unspecified atom stereocenters. The number of methoxy groups -OCH3 is 1. The molecule has 17 heavy (non-hydrogen) atoms. The van der Waals surface area contributed by atoms with Crippen LogP contribution in [0.2, 0.25) is 0 Å². The first-order chi connectivity index (χ1) is 8.31. The molecule has 1 amide bonds. The first-order valence-corrected chi connectivity index (χ1v) is 5.83. The van der Waals surface area contributed by atoms with Crippen LogP contribution in [0.5, 0.6) is 5.75 Å². The highest BCUT2D eigenvalue weighted by atomic mass is 16.5. The summed E-state index contributed by atoms with van der Waals surface area (Å²) in [5.41, 5.74) is 0.585. The van der Waals surface area contributed by atoms with E-state index in [1.165, 1.54) is 0 Å². The molecule has 1 aliphatic rings. The van der Waals surface area contributed by atoms with Gasteiger partial charge in [-0.2, -0.15) is 0 Å². The standard InChI is InChI=1S/C13H17NO3/c1-16-12-5-3-2-4-11(12)13(15)14-10-6-8-17-9-7-10/h2-5,10H,6-9H2,1H3,(H,14,15). The molecule has 1 fully saturated rings. The van der Waals surface area contributed by atoms with E-state index in [2.05, 4.69) is 5.32 Å². The number of benzene rings is 1. The van der Waals surface area contributed by atoms with Gasteiger partial charge in [0.1, 0.15) is 5.75 Å². The minimum absolute atomic E-state index is 0.0747. The lowest BCUT2D eigenvalue weighted by Gasteiger charge is -2.23. The van der Waals surface area contributed by atoms with E-state index in [0.29, 0.717) is 11.3 Å². The third-order valence-electron chi connectivity index (χ3n) is 2.91. The molecule has 4 nitrogen and oxygen atoms in total. The fourth-order valence-corrected chi connectivity index (χ4v) is 1.94. The van der Waals surface area contributed by atoms with Crippen LogP contribution in [0, 0.1) is 0 Å². The van der Waals surface area contributed by atoms with Gasteiger partial charge in [0.25, 0.3) is 5.91 Å². The van der Waals surface area contributed by atoms with Gasteiger partial charge in [-0.3, -0.25) is 4.79 Å². The second kappa shape index (κ2) is 5.68. The summed E-state index contributed by atoms with van der Waals surface area (Å²) in [4.78, 5) is 12.1. The molecule has 1 heterocycles. The third kappa shape index (κ3) is 2.97. The van der Waals surface area contributed by atoms with Crippen molar-refractivity contribution in [3.8, 4) is 5.75 Å². The minimum atomic E-state index is -0.0747. The first-order valence-electron chi connectivity index (χ1n) is 5.83. The molecule has 1 saturated heterocycles. The third-order valence-corrected chi connectivity index (χ3v) is 2.91. The van der Waals surface area contributed by atoms with Crippen LogP contribution < -0.4 is 10.1 Å². The number of carbonyl (C=O) groups excluding carboxylic acids is 1. The van der Waals surface area contributed by atoms with Crippen molar-refractivity contribution in [3.63, 3.8) is 0 Å². The van der Waals surface area contributed by atoms with Crippen molar-refractivity contribution in [3.05, 3.63) is 29.8 Å². The quantitative estimate of drug-likeness (QED) is 0.865. The molecule has 2 rings (SSSR count). The molecule has 4 heteroatoms. The largest absolute Gasteiger partial charge is 0.496 e. The Labute approximate surface area is 101 Å². The molecule has 0 spiro atoms. The number of carbonyl (C=O) groups is 1. The lowest BCUT2D eigenvalue weighted by atomic mass is 10.1. The lowest BCUT2D eigenvalue weighted by Crippen LogP contribution is -2.39. The predicted octanol–water partition coefficient (Wildman–Crippen LogP) is 1.60. The molecule has 1 aromatic carbocycles. The Bertz CT molecular complexity index is 386. The second-order valence-corrected chi connectivity index (χ2v) is 4.06. The Morgan fingerprint density at radius 1 is 1.35 bits per heavy atom. The number of ether oxygens (including phenoxy) is 2. The monoisotopic (exact) mass is 235 g/mol. The van der Waals surface area contributed by atoms with E-state index >= 15 is 0 Å². The maximum absolute atomic E-state index is 12.1. The smallest absolute Gasteiger partial charge is 0.255 e. The topological polar surface area (TPSA) is 47.6 Å². The fourth-order valence-electron chi connectivity index (χ4n) is 1.94. The van der Waals surface area contributed by atoms with Crippen molar-refractivity contribution in [2.75, 3.05) is 20.3 Å². The van der Waals surface area contributed by atoms with Crippen molar-refractivity contribution in [2.24, 2.45) is 0 Å². The zero-order chi connectivity index (χ0) is 12.1. The summed E-state index contributed by atoms with van der Waals surface area (Å²) in [6, 6.07) is 7.46. The number of para-hydroxylation sites is 1. The van der Waals surface area contributed by atoms with Crippen LogP contribution in [0.3, 0.4) is 0 Å². The zero-order valence-electron chi connectivity index (χ0n) is 9.94. The Kier molecular flexibility index (Phi) is 3.98. The minimum Gasteiger partial charge on any atom is -0.496 e. The number of hydrogen-bond donors (Lipinski definition) is 1. The molecule has 0 atom stereocenters. The van der Waals surface area contributed by atoms with Gasteiger partial charge in [-0.1, -0.05) is 12.1 Å². The van der Waals surface area contributed by atoms with Gasteiger partial charge in [-0.25, -0.2) is 0 Å². The summed E-state index contributed by atoms with van der Waals surface area (Å²) in [5, 5.41) is 3.01. The average Bonchev–Trinajstić information content (AvgIpc) is 2.40. The SMILES string of the molecule is COc1ccccc1C(=O)NC1CCOCC1. The summed E-state index contributed by atoms with van der Waals surface area (Å²) < 4.78 is 10.4. The molecular formula is C13H17NO3. The van der Waals surface area contributed by atoms with Crippen molar-refractivity contribution in [1.82, 2.24) is 5.32 Å². The Balaban J connectivity index is 2.03. The molecule has 1 aliphatic heterocycles. The van der Waals surface area contributed by atoms with Gasteiger partial charge in [0.2, 0.25) is 0 Å². The van der Waals surface area contributed by atoms with E-state index in [0.717, 1.165) is 26.1 Å². The number of amides is 1. The fraction of sp³-hybridized carbons (Fsp3) is 0.462. The van der Waals surface area contributed by atoms with Crippen LogP contribution in [0.15, 0.2) is 24.3 Å². The second-order valence-electron chi connectivity index (χ2n) is 4.06. The van der Waals surface area contributed by atoms with Gasteiger partial charge in [0.15, 0.2) is 0 Å². The molecule has 0 aromatic heterocycles. The van der Waals surface area contributed by atoms with E-state index in [9.17, 15) is 4.79 Å². The molecule has 0 aliphatic carbocycles. The summed E-state index contributed by atoms with van der Waals surface area (Å²) >= 11 is 0. The van der Waals surface area contributed by atoms with E-state index in [4.69, 9.17) is 9.47 Å². The molecule has 1 N–H and O–H groups in total. The van der Waals surface area contributed by atoms with Crippen LogP contribution in [0.1, 0.15) is 23.2 Å². The Morgan fingerprint density at radius 3 is 2.76 bits per heavy atom. The summed E-state index contributed by atoms with van der Waals surface area (Å²) in [7, 11) is 1.57. The average molecular weight is 235 g/mol. The van der Waals surface area contributed by atoms with E-state index < -0.39 is 0 Å². The lowest BCUT2D eigenvalue weighted by molar-refractivity contribution is 0.0695. The molecular weight excluding hydrogens is 218 g/mol. The predicted molar refractivity (Wildman–Crippen MR) is 64.3 cm³/mol. The Morgan fingerprint density at radius 2 is 2.06 bits per heavy atom. The summed E-state index contributed by atoms with van der Waals surface area (Å²) in [5.74, 6) is 0.534. The van der Waals surface area contributed by atoms with E-state index in [-0.39, 0.29) is 11.9 Å². The van der Waals surface area contributed by atoms with Crippen LogP contribution in [-0.2, 0) is 4.74 Å². The molecule has 0 bridgehead atoms. The van der Waals surface area contributed by atoms with Crippen LogP contribution in [-0.4, -0.2) is 32.3 Å². The summed E-state index contributed by atoms with van der Waals surface area (Å²) in [6.45, 7) is 1.44. The molecule has 1 aromatic rings. The zero-order valence-corrected chi connectivity index (χ0v) is 9.94. The Hall–Kier alpha value is -1.55. The maximum atomic E-state index is 12.1. The molecule has 92 valence electrons. The van der Waals surface area contributed by atoms with Crippen LogP contribution in [0.4, 0.5) is 0 Å². The molecule has 0 radical (unpaired) electrons. The van der Waals surface area contributed by atoms with Gasteiger partial charge >= 0.3 is 0 Å². The van der Waals surface area contributed by atoms with Crippen molar-refractivity contribution in [2.45, 2.75) is 18.9 Å². The van der Waals surface area contributed by atoms with Crippen molar-refractivity contribution < 1.29 is 14.3 Å². The van der Waals surface area contributed by atoms with Crippen LogP contribution >= 0.6 is 0 Å². The maximum Gasteiger partial charge on any atom is 0.255 e. The first kappa shape index (κ1) is 11.9. The van der Waals surface area contributed by atoms with Gasteiger partial charge < -0.3 is 14.8 Å². The van der Waals surface area contributed by atoms with Crippen molar-refractivity contribution in [1.29, 1.82) is 0 Å². The number of hydrogen-bond acceptors (Lipinski definition) is 3. The highest BCUT2D eigenvalue weighted by Crippen LogP contribution is 2.17. The van der Waals surface area contributed by atoms with Gasteiger partial charge in [0.05, 0.1) is 12.7 Å². The van der Waals surface area contributed by atoms with E-state index in [1.807, 2.05) is 12.1 Å². The normalized spacial score (nSPS) is 16.5.